The van der Waals surface area contributed by atoms with Crippen molar-refractivity contribution < 1.29 is 28.5 Å². The van der Waals surface area contributed by atoms with Crippen molar-refractivity contribution in [1.82, 2.24) is 4.57 Å². The van der Waals surface area contributed by atoms with Gasteiger partial charge in [0.15, 0.2) is 18.1 Å². The van der Waals surface area contributed by atoms with Crippen molar-refractivity contribution in [2.24, 2.45) is 0 Å². The quantitative estimate of drug-likeness (QED) is 0.374. The number of hydrogen-bond acceptors (Lipinski definition) is 6. The van der Waals surface area contributed by atoms with Crippen molar-refractivity contribution in [2.75, 3.05) is 33.5 Å². The van der Waals surface area contributed by atoms with Crippen molar-refractivity contribution in [3.63, 3.8) is 0 Å². The maximum atomic E-state index is 12.6. The van der Waals surface area contributed by atoms with Crippen LogP contribution in [0.3, 0.4) is 0 Å². The molecule has 7 heteroatoms. The number of hydrogen-bond donors (Lipinski definition) is 0. The molecule has 160 valence electrons. The molecule has 1 aromatic heterocycles. The third-order valence-corrected chi connectivity index (χ3v) is 4.96. The fourth-order valence-corrected chi connectivity index (χ4v) is 3.64. The molecule has 2 heterocycles. The standard InChI is InChI=1S/C23H27NO6/c1-15-11-19(17(3)24(15)16(2)13-27-4)20(25)14-30-23(26)8-6-18-5-7-21-22(12-18)29-10-9-28-21/h5-8,11-12,16H,9-10,13-14H2,1-4H3/b8-6+/t16-/m1/s1. The summed E-state index contributed by atoms with van der Waals surface area (Å²) in [6.07, 6.45) is 2.91. The van der Waals surface area contributed by atoms with Gasteiger partial charge in [-0.15, -0.1) is 0 Å². The maximum absolute atomic E-state index is 12.6. The number of ether oxygens (including phenoxy) is 4. The molecule has 1 aromatic carbocycles. The number of esters is 1. The summed E-state index contributed by atoms with van der Waals surface area (Å²) in [7, 11) is 1.65. The molecule has 1 aliphatic heterocycles. The van der Waals surface area contributed by atoms with Gasteiger partial charge < -0.3 is 23.5 Å². The first-order chi connectivity index (χ1) is 14.4. The van der Waals surface area contributed by atoms with E-state index < -0.39 is 5.97 Å². The maximum Gasteiger partial charge on any atom is 0.331 e. The molecule has 0 radical (unpaired) electrons. The number of Topliss-reactive ketones (excluding diaryl/α,β-unsaturated/α-hetero) is 1. The number of aryl methyl sites for hydroxylation is 1. The van der Waals surface area contributed by atoms with Gasteiger partial charge in [-0.3, -0.25) is 4.79 Å². The Morgan fingerprint density at radius 2 is 1.90 bits per heavy atom. The minimum absolute atomic E-state index is 0.105. The van der Waals surface area contributed by atoms with Gasteiger partial charge in [-0.05, 0) is 50.6 Å². The van der Waals surface area contributed by atoms with E-state index in [9.17, 15) is 9.59 Å². The van der Waals surface area contributed by atoms with Crippen LogP contribution in [0.5, 0.6) is 11.5 Å². The summed E-state index contributed by atoms with van der Waals surface area (Å²) in [5.74, 6) is 0.508. The topological polar surface area (TPSA) is 76.0 Å². The number of methoxy groups -OCH3 is 1. The van der Waals surface area contributed by atoms with Crippen LogP contribution in [-0.4, -0.2) is 49.9 Å². The lowest BCUT2D eigenvalue weighted by atomic mass is 10.1. The highest BCUT2D eigenvalue weighted by Crippen LogP contribution is 2.31. The summed E-state index contributed by atoms with van der Waals surface area (Å²) in [5.41, 5.74) is 3.13. The van der Waals surface area contributed by atoms with Gasteiger partial charge in [0, 0.05) is 30.1 Å². The predicted molar refractivity (Wildman–Crippen MR) is 112 cm³/mol. The Hall–Kier alpha value is -3.06. The number of carbonyl (C=O) groups is 2. The Morgan fingerprint density at radius 3 is 2.63 bits per heavy atom. The molecule has 0 aliphatic carbocycles. The second kappa shape index (κ2) is 9.63. The lowest BCUT2D eigenvalue weighted by Crippen LogP contribution is -2.16. The molecule has 0 N–H and O–H groups in total. The molecule has 0 amide bonds. The molecule has 7 nitrogen and oxygen atoms in total. The van der Waals surface area contributed by atoms with Crippen LogP contribution in [0.2, 0.25) is 0 Å². The number of ketones is 1. The monoisotopic (exact) mass is 413 g/mol. The molecule has 1 atom stereocenters. The van der Waals surface area contributed by atoms with E-state index in [2.05, 4.69) is 4.57 Å². The van der Waals surface area contributed by atoms with Crippen LogP contribution >= 0.6 is 0 Å². The van der Waals surface area contributed by atoms with Crippen LogP contribution in [0.15, 0.2) is 30.3 Å². The molecule has 0 saturated carbocycles. The van der Waals surface area contributed by atoms with E-state index in [1.807, 2.05) is 32.9 Å². The second-order valence-electron chi connectivity index (χ2n) is 7.23. The molecular weight excluding hydrogens is 386 g/mol. The summed E-state index contributed by atoms with van der Waals surface area (Å²) in [4.78, 5) is 24.6. The molecular formula is C23H27NO6. The van der Waals surface area contributed by atoms with Crippen LogP contribution in [0, 0.1) is 13.8 Å². The molecule has 0 unspecified atom stereocenters. The van der Waals surface area contributed by atoms with Gasteiger partial charge in [-0.1, -0.05) is 6.07 Å². The van der Waals surface area contributed by atoms with Gasteiger partial charge in [0.05, 0.1) is 12.6 Å². The van der Waals surface area contributed by atoms with E-state index in [0.29, 0.717) is 36.9 Å². The zero-order chi connectivity index (χ0) is 21.7. The number of aromatic nitrogens is 1. The van der Waals surface area contributed by atoms with Crippen LogP contribution in [0.1, 0.15) is 40.3 Å². The van der Waals surface area contributed by atoms with Crippen molar-refractivity contribution in [1.29, 1.82) is 0 Å². The van der Waals surface area contributed by atoms with Crippen LogP contribution < -0.4 is 9.47 Å². The Kier molecular flexibility index (Phi) is 6.95. The van der Waals surface area contributed by atoms with E-state index in [4.69, 9.17) is 18.9 Å². The molecule has 2 aromatic rings. The van der Waals surface area contributed by atoms with Crippen molar-refractivity contribution in [2.45, 2.75) is 26.8 Å². The van der Waals surface area contributed by atoms with Crippen LogP contribution in [0.4, 0.5) is 0 Å². The SMILES string of the molecule is COC[C@@H](C)n1c(C)cc(C(=O)COC(=O)/C=C/c2ccc3c(c2)OCCO3)c1C. The van der Waals surface area contributed by atoms with E-state index >= 15 is 0 Å². The van der Waals surface area contributed by atoms with Crippen LogP contribution in [0.25, 0.3) is 6.08 Å². The fraction of sp³-hybridized carbons (Fsp3) is 0.391. The Balaban J connectivity index is 1.59. The zero-order valence-electron chi connectivity index (χ0n) is 17.8. The lowest BCUT2D eigenvalue weighted by molar-refractivity contribution is -0.136. The molecule has 0 fully saturated rings. The van der Waals surface area contributed by atoms with Crippen molar-refractivity contribution in [3.05, 3.63) is 52.9 Å². The molecule has 0 saturated heterocycles. The third kappa shape index (κ3) is 4.91. The van der Waals surface area contributed by atoms with Gasteiger partial charge in [-0.2, -0.15) is 0 Å². The van der Waals surface area contributed by atoms with Gasteiger partial charge in [-0.25, -0.2) is 4.79 Å². The fourth-order valence-electron chi connectivity index (χ4n) is 3.64. The first-order valence-electron chi connectivity index (χ1n) is 9.85. The number of rotatable bonds is 8. The summed E-state index contributed by atoms with van der Waals surface area (Å²) in [6.45, 7) is 7.11. The Morgan fingerprint density at radius 1 is 1.17 bits per heavy atom. The van der Waals surface area contributed by atoms with Crippen LogP contribution in [-0.2, 0) is 14.3 Å². The van der Waals surface area contributed by atoms with E-state index in [-0.39, 0.29) is 18.4 Å². The number of carbonyl (C=O) groups excluding carboxylic acids is 2. The number of nitrogens with zero attached hydrogens (tertiary/aromatic N) is 1. The van der Waals surface area contributed by atoms with Crippen molar-refractivity contribution in [3.8, 4) is 11.5 Å². The molecule has 0 spiro atoms. The highest BCUT2D eigenvalue weighted by atomic mass is 16.6. The summed E-state index contributed by atoms with van der Waals surface area (Å²) >= 11 is 0. The molecule has 3 rings (SSSR count). The second-order valence-corrected chi connectivity index (χ2v) is 7.23. The highest BCUT2D eigenvalue weighted by Gasteiger charge is 2.19. The Bertz CT molecular complexity index is 959. The average molecular weight is 413 g/mol. The Labute approximate surface area is 176 Å². The summed E-state index contributed by atoms with van der Waals surface area (Å²) < 4.78 is 23.4. The van der Waals surface area contributed by atoms with Gasteiger partial charge in [0.2, 0.25) is 5.78 Å². The normalized spacial score (nSPS) is 14.0. The van der Waals surface area contributed by atoms with Gasteiger partial charge in [0.1, 0.15) is 13.2 Å². The first kappa shape index (κ1) is 21.6. The summed E-state index contributed by atoms with van der Waals surface area (Å²) in [5, 5.41) is 0. The highest BCUT2D eigenvalue weighted by molar-refractivity contribution is 6.00. The molecule has 1 aliphatic rings. The first-order valence-corrected chi connectivity index (χ1v) is 9.85. The molecule has 30 heavy (non-hydrogen) atoms. The average Bonchev–Trinajstić information content (AvgIpc) is 3.04. The van der Waals surface area contributed by atoms with Gasteiger partial charge in [0.25, 0.3) is 0 Å². The number of fused-ring (bicyclic) bond motifs is 1. The number of benzene rings is 1. The van der Waals surface area contributed by atoms with E-state index in [1.54, 1.807) is 25.3 Å². The minimum Gasteiger partial charge on any atom is -0.486 e. The van der Waals surface area contributed by atoms with Gasteiger partial charge >= 0.3 is 5.97 Å². The largest absolute Gasteiger partial charge is 0.486 e. The smallest absolute Gasteiger partial charge is 0.331 e. The molecule has 0 bridgehead atoms. The third-order valence-electron chi connectivity index (χ3n) is 4.96. The predicted octanol–water partition coefficient (Wildman–Crippen LogP) is 3.52. The van der Waals surface area contributed by atoms with Crippen molar-refractivity contribution >= 4 is 17.8 Å². The minimum atomic E-state index is -0.584. The lowest BCUT2D eigenvalue weighted by Gasteiger charge is -2.18. The van der Waals surface area contributed by atoms with E-state index in [1.165, 1.54) is 6.08 Å². The van der Waals surface area contributed by atoms with E-state index in [0.717, 1.165) is 17.0 Å². The zero-order valence-corrected chi connectivity index (χ0v) is 17.8. The summed E-state index contributed by atoms with van der Waals surface area (Å²) in [6, 6.07) is 7.33.